The molecule has 0 fully saturated rings. The van der Waals surface area contributed by atoms with Crippen LogP contribution in [-0.4, -0.2) is 23.0 Å². The van der Waals surface area contributed by atoms with E-state index in [1.165, 1.54) is 0 Å². The lowest BCUT2D eigenvalue weighted by atomic mass is 9.93. The molecule has 0 bridgehead atoms. The largest absolute Gasteiger partial charge is 0.503 e. The summed E-state index contributed by atoms with van der Waals surface area (Å²) in [6.45, 7) is 2.33. The first-order valence-corrected chi connectivity index (χ1v) is 10.5. The number of amides is 1. The molecule has 0 aromatic heterocycles. The number of nitrogens with zero attached hydrogens (tertiary/aromatic N) is 1. The number of benzene rings is 3. The summed E-state index contributed by atoms with van der Waals surface area (Å²) in [7, 11) is 1.62. The third-order valence-corrected chi connectivity index (χ3v) is 5.91. The molecule has 0 radical (unpaired) electrons. The van der Waals surface area contributed by atoms with Crippen molar-refractivity contribution in [2.75, 3.05) is 7.11 Å². The van der Waals surface area contributed by atoms with Crippen LogP contribution in [0.5, 0.6) is 5.75 Å². The van der Waals surface area contributed by atoms with E-state index < -0.39 is 6.04 Å². The molecule has 4 nitrogen and oxygen atoms in total. The second-order valence-corrected chi connectivity index (χ2v) is 8.24. The molecule has 3 aromatic carbocycles. The molecule has 0 saturated carbocycles. The average Bonchev–Trinajstić information content (AvgIpc) is 3.00. The summed E-state index contributed by atoms with van der Waals surface area (Å²) >= 11 is 3.48. The van der Waals surface area contributed by atoms with Gasteiger partial charge < -0.3 is 14.7 Å². The van der Waals surface area contributed by atoms with E-state index in [4.69, 9.17) is 4.74 Å². The maximum Gasteiger partial charge on any atom is 0.290 e. The molecule has 0 saturated heterocycles. The van der Waals surface area contributed by atoms with Gasteiger partial charge in [-0.1, -0.05) is 76.1 Å². The summed E-state index contributed by atoms with van der Waals surface area (Å²) in [6, 6.07) is 22.9. The number of para-hydroxylation sites is 1. The van der Waals surface area contributed by atoms with E-state index in [9.17, 15) is 9.90 Å². The van der Waals surface area contributed by atoms with E-state index in [1.54, 1.807) is 12.0 Å². The quantitative estimate of drug-likeness (QED) is 0.518. The van der Waals surface area contributed by atoms with Gasteiger partial charge in [0, 0.05) is 15.6 Å². The minimum Gasteiger partial charge on any atom is -0.503 e. The topological polar surface area (TPSA) is 49.8 Å². The normalized spacial score (nSPS) is 16.3. The van der Waals surface area contributed by atoms with Gasteiger partial charge in [0.2, 0.25) is 0 Å². The smallest absolute Gasteiger partial charge is 0.290 e. The SMILES string of the molecule is COc1ccccc1CN1C(=O)C(O)=C(c2ccc(C)cc2)[C@H]1c1ccc(Br)cc1. The van der Waals surface area contributed by atoms with Crippen molar-refractivity contribution in [3.63, 3.8) is 0 Å². The molecule has 1 aliphatic heterocycles. The first-order valence-electron chi connectivity index (χ1n) is 9.68. The van der Waals surface area contributed by atoms with Gasteiger partial charge in [-0.05, 0) is 36.2 Å². The molecule has 0 unspecified atom stereocenters. The van der Waals surface area contributed by atoms with Crippen molar-refractivity contribution in [1.82, 2.24) is 4.90 Å². The minimum atomic E-state index is -0.404. The van der Waals surface area contributed by atoms with Crippen LogP contribution in [0.4, 0.5) is 0 Å². The summed E-state index contributed by atoms with van der Waals surface area (Å²) in [5.74, 6) is 0.120. The zero-order valence-electron chi connectivity index (χ0n) is 16.8. The molecular weight excluding hydrogens is 442 g/mol. The van der Waals surface area contributed by atoms with Crippen molar-refractivity contribution in [3.8, 4) is 5.75 Å². The summed E-state index contributed by atoms with van der Waals surface area (Å²) in [6.07, 6.45) is 0. The first kappa shape index (κ1) is 20.2. The average molecular weight is 464 g/mol. The zero-order valence-corrected chi connectivity index (χ0v) is 18.4. The van der Waals surface area contributed by atoms with Crippen LogP contribution < -0.4 is 4.74 Å². The Balaban J connectivity index is 1.82. The molecule has 152 valence electrons. The Morgan fingerprint density at radius 1 is 1.00 bits per heavy atom. The predicted octanol–water partition coefficient (Wildman–Crippen LogP) is 5.82. The van der Waals surface area contributed by atoms with Gasteiger partial charge in [0.05, 0.1) is 19.7 Å². The Labute approximate surface area is 184 Å². The molecule has 4 rings (SSSR count). The second-order valence-electron chi connectivity index (χ2n) is 7.33. The van der Waals surface area contributed by atoms with Crippen LogP contribution in [0.15, 0.2) is 83.0 Å². The molecule has 5 heteroatoms. The van der Waals surface area contributed by atoms with Crippen LogP contribution in [0, 0.1) is 6.92 Å². The number of carbonyl (C=O) groups excluding carboxylic acids is 1. The van der Waals surface area contributed by atoms with Crippen LogP contribution in [0.25, 0.3) is 5.57 Å². The summed E-state index contributed by atoms with van der Waals surface area (Å²) in [4.78, 5) is 14.9. The summed E-state index contributed by atoms with van der Waals surface area (Å²) in [5.41, 5.74) is 4.39. The van der Waals surface area contributed by atoms with Crippen molar-refractivity contribution in [2.24, 2.45) is 0 Å². The first-order chi connectivity index (χ1) is 14.5. The summed E-state index contributed by atoms with van der Waals surface area (Å²) in [5, 5.41) is 10.9. The minimum absolute atomic E-state index is 0.207. The van der Waals surface area contributed by atoms with Crippen LogP contribution in [0.1, 0.15) is 28.3 Å². The van der Waals surface area contributed by atoms with Crippen molar-refractivity contribution in [1.29, 1.82) is 0 Å². The van der Waals surface area contributed by atoms with E-state index in [0.29, 0.717) is 17.9 Å². The number of rotatable bonds is 5. The predicted molar refractivity (Wildman–Crippen MR) is 121 cm³/mol. The fraction of sp³-hybridized carbons (Fsp3) is 0.160. The lowest BCUT2D eigenvalue weighted by Gasteiger charge is -2.28. The van der Waals surface area contributed by atoms with E-state index in [1.807, 2.05) is 79.7 Å². The molecule has 30 heavy (non-hydrogen) atoms. The van der Waals surface area contributed by atoms with Crippen LogP contribution in [-0.2, 0) is 11.3 Å². The second kappa shape index (κ2) is 8.36. The number of aliphatic hydroxyl groups excluding tert-OH is 1. The number of aliphatic hydroxyl groups is 1. The highest BCUT2D eigenvalue weighted by Crippen LogP contribution is 2.44. The standard InChI is InChI=1S/C25H22BrNO3/c1-16-7-9-17(10-8-16)22-23(18-11-13-20(26)14-12-18)27(25(29)24(22)28)15-19-5-3-4-6-21(19)30-2/h3-14,23,28H,15H2,1-2H3/t23-/m1/s1. The number of halogens is 1. The fourth-order valence-corrected chi connectivity index (χ4v) is 4.12. The Bertz CT molecular complexity index is 1100. The third kappa shape index (κ3) is 3.73. The number of hydrogen-bond donors (Lipinski definition) is 1. The van der Waals surface area contributed by atoms with Gasteiger partial charge in [0.15, 0.2) is 5.76 Å². The Hall–Kier alpha value is -3.05. The lowest BCUT2D eigenvalue weighted by molar-refractivity contribution is -0.130. The molecule has 1 amide bonds. The zero-order chi connectivity index (χ0) is 21.3. The number of carbonyl (C=O) groups is 1. The molecule has 0 aliphatic carbocycles. The van der Waals surface area contributed by atoms with Crippen LogP contribution >= 0.6 is 15.9 Å². The highest BCUT2D eigenvalue weighted by atomic mass is 79.9. The van der Waals surface area contributed by atoms with Crippen LogP contribution in [0.2, 0.25) is 0 Å². The van der Waals surface area contributed by atoms with Gasteiger partial charge in [-0.15, -0.1) is 0 Å². The number of hydrogen-bond acceptors (Lipinski definition) is 3. The molecule has 1 heterocycles. The van der Waals surface area contributed by atoms with Crippen molar-refractivity contribution >= 4 is 27.4 Å². The highest BCUT2D eigenvalue weighted by molar-refractivity contribution is 9.10. The lowest BCUT2D eigenvalue weighted by Crippen LogP contribution is -2.30. The van der Waals surface area contributed by atoms with Gasteiger partial charge in [0.1, 0.15) is 5.75 Å². The van der Waals surface area contributed by atoms with Gasteiger partial charge in [0.25, 0.3) is 5.91 Å². The molecule has 1 atom stereocenters. The monoisotopic (exact) mass is 463 g/mol. The van der Waals surface area contributed by atoms with Crippen molar-refractivity contribution in [2.45, 2.75) is 19.5 Å². The highest BCUT2D eigenvalue weighted by Gasteiger charge is 2.41. The Morgan fingerprint density at radius 2 is 1.67 bits per heavy atom. The fourth-order valence-electron chi connectivity index (χ4n) is 3.85. The van der Waals surface area contributed by atoms with Gasteiger partial charge >= 0.3 is 0 Å². The van der Waals surface area contributed by atoms with E-state index in [0.717, 1.165) is 26.7 Å². The van der Waals surface area contributed by atoms with Gasteiger partial charge in [-0.2, -0.15) is 0 Å². The maximum absolute atomic E-state index is 13.2. The summed E-state index contributed by atoms with van der Waals surface area (Å²) < 4.78 is 6.43. The van der Waals surface area contributed by atoms with Crippen LogP contribution in [0.3, 0.4) is 0 Å². The molecule has 1 aliphatic rings. The van der Waals surface area contributed by atoms with E-state index in [2.05, 4.69) is 15.9 Å². The number of aryl methyl sites for hydroxylation is 1. The maximum atomic E-state index is 13.2. The van der Waals surface area contributed by atoms with E-state index >= 15 is 0 Å². The van der Waals surface area contributed by atoms with Crippen molar-refractivity contribution < 1.29 is 14.6 Å². The van der Waals surface area contributed by atoms with Gasteiger partial charge in [-0.3, -0.25) is 4.79 Å². The Morgan fingerprint density at radius 3 is 2.33 bits per heavy atom. The number of methoxy groups -OCH3 is 1. The molecule has 1 N–H and O–H groups in total. The van der Waals surface area contributed by atoms with Gasteiger partial charge in [-0.25, -0.2) is 0 Å². The van der Waals surface area contributed by atoms with E-state index in [-0.39, 0.29) is 11.7 Å². The third-order valence-electron chi connectivity index (χ3n) is 5.39. The molecular formula is C25H22BrNO3. The molecule has 3 aromatic rings. The molecule has 0 spiro atoms. The van der Waals surface area contributed by atoms with Crippen molar-refractivity contribution in [3.05, 3.63) is 105 Å². The number of ether oxygens (including phenoxy) is 1. The Kier molecular flexibility index (Phi) is 5.64.